The fraction of sp³-hybridized carbons (Fsp3) is 0.500. The van der Waals surface area contributed by atoms with Crippen LogP contribution in [0, 0.1) is 10.2 Å². The van der Waals surface area contributed by atoms with Crippen molar-refractivity contribution < 1.29 is 48.4 Å². The van der Waals surface area contributed by atoms with Gasteiger partial charge in [0, 0.05) is 19.5 Å². The number of hydrogen-bond donors (Lipinski definition) is 1. The summed E-state index contributed by atoms with van der Waals surface area (Å²) in [7, 11) is -4.69. The van der Waals surface area contributed by atoms with Crippen molar-refractivity contribution in [3.63, 3.8) is 0 Å². The third-order valence-electron chi connectivity index (χ3n) is 2.67. The first-order valence-electron chi connectivity index (χ1n) is 7.23. The zero-order valence-corrected chi connectivity index (χ0v) is 15.1. The van der Waals surface area contributed by atoms with Crippen LogP contribution in [0.3, 0.4) is 0 Å². The average molecular weight is 420 g/mol. The Morgan fingerprint density at radius 3 is 0.682 bits per heavy atom. The van der Waals surface area contributed by atoms with E-state index in [1.807, 2.05) is 0 Å². The van der Waals surface area contributed by atoms with Gasteiger partial charge < -0.3 is 0 Å². The van der Waals surface area contributed by atoms with Crippen LogP contribution in [-0.4, -0.2) is 4.66 Å². The van der Waals surface area contributed by atoms with E-state index >= 15 is 0 Å². The first kappa shape index (κ1) is 24.0. The molecule has 4 nitrogen and oxygen atoms in total. The van der Waals surface area contributed by atoms with E-state index in [1.54, 1.807) is 0 Å². The fourth-order valence-corrected chi connectivity index (χ4v) is 1.71. The molecule has 0 spiro atoms. The van der Waals surface area contributed by atoms with Crippen molar-refractivity contribution in [2.24, 2.45) is 0 Å². The summed E-state index contributed by atoms with van der Waals surface area (Å²) in [4.78, 5) is 0. The number of hydrogen-bond acceptors (Lipinski definition) is 4. The number of allylic oxidation sites excluding steroid dienone is 8. The number of rotatable bonds is 0. The second-order valence-corrected chi connectivity index (χ2v) is 5.38. The summed E-state index contributed by atoms with van der Waals surface area (Å²) in [6.45, 7) is 0. The van der Waals surface area contributed by atoms with E-state index in [2.05, 4.69) is 48.6 Å². The molecule has 2 aliphatic rings. The largest absolute Gasteiger partial charge is 0.183 e. The molecule has 0 aromatic heterocycles. The van der Waals surface area contributed by atoms with E-state index in [-0.39, 0.29) is 19.5 Å². The Morgan fingerprint density at radius 2 is 0.591 bits per heavy atom. The second-order valence-electron chi connectivity index (χ2n) is 4.59. The van der Waals surface area contributed by atoms with Crippen molar-refractivity contribution in [3.05, 3.63) is 48.6 Å². The Morgan fingerprint density at radius 1 is 0.500 bits per heavy atom. The zero-order valence-electron chi connectivity index (χ0n) is 12.7. The van der Waals surface area contributed by atoms with Crippen LogP contribution in [-0.2, 0) is 19.5 Å². The molecule has 1 radical (unpaired) electrons. The minimum absolute atomic E-state index is 0. The Kier molecular flexibility index (Phi) is 18.6. The smallest absolute Gasteiger partial charge is 0.0777 e. The summed E-state index contributed by atoms with van der Waals surface area (Å²) in [5.74, 6) is 0. The molecular weight excluding hydrogens is 395 g/mol. The Bertz CT molecular complexity index is 261. The first-order chi connectivity index (χ1) is 10.0. The predicted octanol–water partition coefficient (Wildman–Crippen LogP) is 1.22. The van der Waals surface area contributed by atoms with E-state index in [4.69, 9.17) is 18.6 Å². The molecule has 0 saturated heterocycles. The van der Waals surface area contributed by atoms with Crippen LogP contribution in [0.2, 0.25) is 0 Å². The molecule has 6 heteroatoms. The van der Waals surface area contributed by atoms with Gasteiger partial charge in [-0.05, 0) is 51.4 Å². The summed E-state index contributed by atoms with van der Waals surface area (Å²) < 4.78 is 32.7. The van der Waals surface area contributed by atoms with Gasteiger partial charge in [-0.2, -0.15) is 14.0 Å². The normalized spacial score (nSPS) is 23.1. The van der Waals surface area contributed by atoms with Crippen molar-refractivity contribution >= 4 is 0 Å². The molecule has 0 aliphatic heterocycles. The zero-order chi connectivity index (χ0) is 15.8. The third kappa shape index (κ3) is 28.0. The molecular formula is C16H25ClO4Rh. The van der Waals surface area contributed by atoms with E-state index < -0.39 is 10.2 Å². The monoisotopic (exact) mass is 419 g/mol. The van der Waals surface area contributed by atoms with Gasteiger partial charge in [-0.1, -0.05) is 48.6 Å². The SMILES string of the molecule is C1=C\CC/C=C\CC/1.C1=C\CC/C=C\CC/1.[O-][Cl+3]([O-])([O-])O.[Rh]. The molecule has 129 valence electrons. The summed E-state index contributed by atoms with van der Waals surface area (Å²) in [5, 5.41) is 0. The minimum atomic E-state index is -4.69. The third-order valence-corrected chi connectivity index (χ3v) is 2.67. The topological polar surface area (TPSA) is 89.4 Å². The van der Waals surface area contributed by atoms with E-state index in [0.717, 1.165) is 0 Å². The van der Waals surface area contributed by atoms with Gasteiger partial charge >= 0.3 is 0 Å². The molecule has 1 N–H and O–H groups in total. The molecule has 0 fully saturated rings. The molecule has 0 atom stereocenters. The van der Waals surface area contributed by atoms with Crippen LogP contribution >= 0.6 is 0 Å². The van der Waals surface area contributed by atoms with Crippen molar-refractivity contribution in [2.45, 2.75) is 51.4 Å². The molecule has 0 bridgehead atoms. The standard InChI is InChI=1S/2C8H12.ClHO4.Rh/c2*1-2-4-6-8-7-5-3-1;2-1(3,4)5;/h2*1-2,7-8H,3-6H2;(H,2,3,4,5);/b2*2-1-,8-7-;;. The first-order valence-corrected chi connectivity index (χ1v) is 8.50. The van der Waals surface area contributed by atoms with Gasteiger partial charge in [0.1, 0.15) is 0 Å². The molecule has 0 aromatic rings. The molecule has 0 saturated carbocycles. The van der Waals surface area contributed by atoms with Gasteiger partial charge in [-0.25, -0.2) is 0 Å². The van der Waals surface area contributed by atoms with Crippen molar-refractivity contribution in [2.75, 3.05) is 0 Å². The van der Waals surface area contributed by atoms with Crippen LogP contribution in [0.15, 0.2) is 48.6 Å². The van der Waals surface area contributed by atoms with Crippen molar-refractivity contribution in [1.82, 2.24) is 0 Å². The maximum atomic E-state index is 8.60. The summed E-state index contributed by atoms with van der Waals surface area (Å²) in [5.41, 5.74) is 0. The number of halogens is 1. The second kappa shape index (κ2) is 17.1. The summed E-state index contributed by atoms with van der Waals surface area (Å²) >= 11 is 0. The Hall–Kier alpha value is -0.287. The van der Waals surface area contributed by atoms with Crippen LogP contribution in [0.1, 0.15) is 51.4 Å². The Balaban J connectivity index is 0. The van der Waals surface area contributed by atoms with Gasteiger partial charge in [0.05, 0.1) is 14.9 Å². The molecule has 0 unspecified atom stereocenters. The van der Waals surface area contributed by atoms with Gasteiger partial charge in [0.25, 0.3) is 0 Å². The maximum Gasteiger partial charge on any atom is 0.0777 e. The van der Waals surface area contributed by atoms with E-state index in [1.165, 1.54) is 51.4 Å². The van der Waals surface area contributed by atoms with E-state index in [9.17, 15) is 0 Å². The Labute approximate surface area is 148 Å². The van der Waals surface area contributed by atoms with Crippen molar-refractivity contribution in [1.29, 1.82) is 0 Å². The molecule has 22 heavy (non-hydrogen) atoms. The van der Waals surface area contributed by atoms with Crippen LogP contribution in [0.25, 0.3) is 0 Å². The van der Waals surface area contributed by atoms with Crippen LogP contribution in [0.5, 0.6) is 0 Å². The minimum Gasteiger partial charge on any atom is -0.183 e. The van der Waals surface area contributed by atoms with Crippen LogP contribution in [0.4, 0.5) is 0 Å². The predicted molar refractivity (Wildman–Crippen MR) is 75.7 cm³/mol. The molecule has 2 rings (SSSR count). The van der Waals surface area contributed by atoms with Gasteiger partial charge in [0.15, 0.2) is 0 Å². The molecule has 0 aromatic carbocycles. The molecule has 0 heterocycles. The summed E-state index contributed by atoms with van der Waals surface area (Å²) in [6.07, 6.45) is 28.0. The van der Waals surface area contributed by atoms with Crippen LogP contribution < -0.4 is 14.0 Å². The molecule has 0 amide bonds. The van der Waals surface area contributed by atoms with Gasteiger partial charge in [0.2, 0.25) is 0 Å². The van der Waals surface area contributed by atoms with E-state index in [0.29, 0.717) is 0 Å². The quantitative estimate of drug-likeness (QED) is 0.472. The average Bonchev–Trinajstić information content (AvgIpc) is 2.24. The summed E-state index contributed by atoms with van der Waals surface area (Å²) in [6, 6.07) is 0. The molecule has 2 aliphatic carbocycles. The maximum absolute atomic E-state index is 8.60. The van der Waals surface area contributed by atoms with Gasteiger partial charge in [-0.3, -0.25) is 0 Å². The van der Waals surface area contributed by atoms with Crippen molar-refractivity contribution in [3.8, 4) is 0 Å². The van der Waals surface area contributed by atoms with Gasteiger partial charge in [-0.15, -0.1) is 0 Å². The fourth-order valence-electron chi connectivity index (χ4n) is 1.71.